The monoisotopic (exact) mass is 225 g/mol. The van der Waals surface area contributed by atoms with Crippen molar-refractivity contribution in [2.24, 2.45) is 11.8 Å². The molecule has 0 radical (unpaired) electrons. The Morgan fingerprint density at radius 2 is 2.00 bits per heavy atom. The first-order valence-electron chi connectivity index (χ1n) is 6.42. The van der Waals surface area contributed by atoms with Crippen LogP contribution >= 0.6 is 0 Å². The van der Waals surface area contributed by atoms with Crippen molar-refractivity contribution in [3.05, 3.63) is 0 Å². The van der Waals surface area contributed by atoms with Gasteiger partial charge in [-0.15, -0.1) is 0 Å². The van der Waals surface area contributed by atoms with Gasteiger partial charge in [0.25, 0.3) is 0 Å². The molecule has 3 atom stereocenters. The highest BCUT2D eigenvalue weighted by molar-refractivity contribution is 5.73. The Balaban J connectivity index is 1.89. The Bertz CT molecular complexity index is 270. The van der Waals surface area contributed by atoms with Gasteiger partial charge in [-0.3, -0.25) is 4.79 Å². The molecular weight excluding hydrogens is 202 g/mol. The number of nitrogens with one attached hydrogen (secondary N) is 1. The highest BCUT2D eigenvalue weighted by Crippen LogP contribution is 2.35. The van der Waals surface area contributed by atoms with E-state index in [-0.39, 0.29) is 17.5 Å². The Morgan fingerprint density at radius 1 is 1.25 bits per heavy atom. The van der Waals surface area contributed by atoms with Crippen molar-refractivity contribution in [3.8, 4) is 0 Å². The molecule has 2 rings (SSSR count). The van der Waals surface area contributed by atoms with Crippen molar-refractivity contribution < 1.29 is 9.53 Å². The van der Waals surface area contributed by atoms with Gasteiger partial charge in [-0.1, -0.05) is 0 Å². The highest BCUT2D eigenvalue weighted by atomic mass is 16.6. The van der Waals surface area contributed by atoms with Gasteiger partial charge in [-0.2, -0.15) is 0 Å². The Morgan fingerprint density at radius 3 is 2.69 bits per heavy atom. The molecule has 3 nitrogen and oxygen atoms in total. The fourth-order valence-electron chi connectivity index (χ4n) is 2.91. The number of esters is 1. The van der Waals surface area contributed by atoms with Gasteiger partial charge >= 0.3 is 5.97 Å². The van der Waals surface area contributed by atoms with Gasteiger partial charge in [0.2, 0.25) is 0 Å². The summed E-state index contributed by atoms with van der Waals surface area (Å²) in [5.41, 5.74) is -0.345. The average molecular weight is 225 g/mol. The van der Waals surface area contributed by atoms with Gasteiger partial charge in [-0.25, -0.2) is 0 Å². The third-order valence-electron chi connectivity index (χ3n) is 3.64. The number of fused-ring (bicyclic) bond motifs is 1. The number of ether oxygens (including phenoxy) is 1. The zero-order valence-electron chi connectivity index (χ0n) is 10.6. The van der Waals surface area contributed by atoms with Crippen LogP contribution in [0.5, 0.6) is 0 Å². The lowest BCUT2D eigenvalue weighted by atomic mass is 9.78. The van der Waals surface area contributed by atoms with Gasteiger partial charge < -0.3 is 10.1 Å². The largest absolute Gasteiger partial charge is 0.460 e. The van der Waals surface area contributed by atoms with Crippen LogP contribution in [-0.4, -0.2) is 24.2 Å². The molecule has 3 unspecified atom stereocenters. The zero-order chi connectivity index (χ0) is 11.8. The molecule has 3 heteroatoms. The quantitative estimate of drug-likeness (QED) is 0.695. The molecule has 92 valence electrons. The summed E-state index contributed by atoms with van der Waals surface area (Å²) in [6, 6.07) is 0.665. The molecule has 16 heavy (non-hydrogen) atoms. The van der Waals surface area contributed by atoms with E-state index in [1.54, 1.807) is 0 Å². The van der Waals surface area contributed by atoms with Crippen LogP contribution in [0.15, 0.2) is 0 Å². The molecule has 1 saturated heterocycles. The molecule has 1 aliphatic heterocycles. The summed E-state index contributed by atoms with van der Waals surface area (Å²) in [5.74, 6) is 0.851. The van der Waals surface area contributed by atoms with Crippen molar-refractivity contribution in [2.75, 3.05) is 6.54 Å². The summed E-state index contributed by atoms with van der Waals surface area (Å²) in [6.07, 6.45) is 4.37. The summed E-state index contributed by atoms with van der Waals surface area (Å²) in [4.78, 5) is 12.0. The van der Waals surface area contributed by atoms with Crippen LogP contribution in [0.1, 0.15) is 46.5 Å². The van der Waals surface area contributed by atoms with E-state index in [4.69, 9.17) is 4.74 Å². The molecule has 2 fully saturated rings. The predicted octanol–water partition coefficient (Wildman–Crippen LogP) is 2.11. The number of hydrogen-bond acceptors (Lipinski definition) is 3. The maximum atomic E-state index is 12.0. The minimum atomic E-state index is -0.345. The van der Waals surface area contributed by atoms with Crippen LogP contribution in [0.2, 0.25) is 0 Å². The van der Waals surface area contributed by atoms with Crippen LogP contribution in [-0.2, 0) is 9.53 Å². The molecule has 2 aliphatic rings. The molecule has 0 aromatic carbocycles. The van der Waals surface area contributed by atoms with E-state index in [1.165, 1.54) is 6.42 Å². The van der Waals surface area contributed by atoms with Gasteiger partial charge in [-0.05, 0) is 58.9 Å². The van der Waals surface area contributed by atoms with E-state index in [2.05, 4.69) is 5.32 Å². The first-order valence-corrected chi connectivity index (χ1v) is 6.42. The normalized spacial score (nSPS) is 34.6. The van der Waals surface area contributed by atoms with E-state index >= 15 is 0 Å². The minimum absolute atomic E-state index is 0.0119. The Kier molecular flexibility index (Phi) is 3.24. The predicted molar refractivity (Wildman–Crippen MR) is 63.1 cm³/mol. The van der Waals surface area contributed by atoms with Gasteiger partial charge in [0.1, 0.15) is 5.60 Å². The Labute approximate surface area is 97.9 Å². The fourth-order valence-corrected chi connectivity index (χ4v) is 2.91. The second-order valence-corrected chi connectivity index (χ2v) is 6.15. The summed E-state index contributed by atoms with van der Waals surface area (Å²) < 4.78 is 5.47. The lowest BCUT2D eigenvalue weighted by Crippen LogP contribution is -2.37. The summed E-state index contributed by atoms with van der Waals surface area (Å²) in [7, 11) is 0. The summed E-state index contributed by atoms with van der Waals surface area (Å²) in [5, 5.41) is 3.51. The van der Waals surface area contributed by atoms with Crippen LogP contribution in [0, 0.1) is 11.8 Å². The van der Waals surface area contributed by atoms with Gasteiger partial charge in [0.15, 0.2) is 0 Å². The van der Waals surface area contributed by atoms with Crippen molar-refractivity contribution in [3.63, 3.8) is 0 Å². The van der Waals surface area contributed by atoms with E-state index in [0.29, 0.717) is 12.0 Å². The molecule has 0 amide bonds. The topological polar surface area (TPSA) is 38.3 Å². The molecule has 0 bridgehead atoms. The molecule has 0 spiro atoms. The Hall–Kier alpha value is -0.570. The lowest BCUT2D eigenvalue weighted by Gasteiger charge is -2.32. The molecule has 0 aromatic rings. The SMILES string of the molecule is CC(C)(C)OC(=O)C1CCC2NCCC2C1. The average Bonchev–Trinajstić information content (AvgIpc) is 2.61. The molecular formula is C13H23NO2. The van der Waals surface area contributed by atoms with E-state index < -0.39 is 0 Å². The summed E-state index contributed by atoms with van der Waals surface area (Å²) in [6.45, 7) is 6.94. The third kappa shape index (κ3) is 2.76. The van der Waals surface area contributed by atoms with Crippen molar-refractivity contribution in [2.45, 2.75) is 58.1 Å². The first-order chi connectivity index (χ1) is 7.46. The molecule has 1 N–H and O–H groups in total. The van der Waals surface area contributed by atoms with Gasteiger partial charge in [0, 0.05) is 6.04 Å². The van der Waals surface area contributed by atoms with Crippen LogP contribution in [0.4, 0.5) is 0 Å². The summed E-state index contributed by atoms with van der Waals surface area (Å²) >= 11 is 0. The van der Waals surface area contributed by atoms with Crippen LogP contribution in [0.25, 0.3) is 0 Å². The molecule has 0 aromatic heterocycles. The molecule has 1 saturated carbocycles. The number of rotatable bonds is 1. The van der Waals surface area contributed by atoms with Crippen molar-refractivity contribution in [1.29, 1.82) is 0 Å². The number of carbonyl (C=O) groups excluding carboxylic acids is 1. The zero-order valence-corrected chi connectivity index (χ0v) is 10.6. The second kappa shape index (κ2) is 4.36. The second-order valence-electron chi connectivity index (χ2n) is 6.15. The third-order valence-corrected chi connectivity index (χ3v) is 3.64. The van der Waals surface area contributed by atoms with Gasteiger partial charge in [0.05, 0.1) is 5.92 Å². The first kappa shape index (κ1) is 11.9. The standard InChI is InChI=1S/C13H23NO2/c1-13(2,3)16-12(15)10-4-5-11-9(8-10)6-7-14-11/h9-11,14H,4-8H2,1-3H3. The number of hydrogen-bond donors (Lipinski definition) is 1. The number of carbonyl (C=O) groups is 1. The minimum Gasteiger partial charge on any atom is -0.460 e. The van der Waals surface area contributed by atoms with E-state index in [9.17, 15) is 4.79 Å². The lowest BCUT2D eigenvalue weighted by molar-refractivity contribution is -0.161. The molecule has 1 heterocycles. The van der Waals surface area contributed by atoms with Crippen LogP contribution < -0.4 is 5.32 Å². The van der Waals surface area contributed by atoms with Crippen molar-refractivity contribution >= 4 is 5.97 Å². The highest BCUT2D eigenvalue weighted by Gasteiger charge is 2.37. The maximum absolute atomic E-state index is 12.0. The van der Waals surface area contributed by atoms with Crippen molar-refractivity contribution in [1.82, 2.24) is 5.32 Å². The molecule has 1 aliphatic carbocycles. The van der Waals surface area contributed by atoms with Crippen LogP contribution in [0.3, 0.4) is 0 Å². The fraction of sp³-hybridized carbons (Fsp3) is 0.923. The van der Waals surface area contributed by atoms with E-state index in [1.807, 2.05) is 20.8 Å². The van der Waals surface area contributed by atoms with E-state index in [0.717, 1.165) is 25.8 Å². The maximum Gasteiger partial charge on any atom is 0.309 e. The smallest absolute Gasteiger partial charge is 0.309 e.